The molecule has 0 spiro atoms. The van der Waals surface area contributed by atoms with E-state index in [-0.39, 0.29) is 11.8 Å². The van der Waals surface area contributed by atoms with Gasteiger partial charge in [-0.25, -0.2) is 0 Å². The van der Waals surface area contributed by atoms with E-state index in [2.05, 4.69) is 26.7 Å². The summed E-state index contributed by atoms with van der Waals surface area (Å²) in [5, 5.41) is 4.28. The van der Waals surface area contributed by atoms with Crippen molar-refractivity contribution in [3.8, 4) is 0 Å². The van der Waals surface area contributed by atoms with Crippen LogP contribution in [-0.4, -0.2) is 70.8 Å². The molecule has 2 aliphatic heterocycles. The van der Waals surface area contributed by atoms with Crippen LogP contribution < -0.4 is 0 Å². The third kappa shape index (κ3) is 3.68. The van der Waals surface area contributed by atoms with Crippen LogP contribution in [0.3, 0.4) is 0 Å². The monoisotopic (exact) mass is 372 g/mol. The number of H-pyrrole nitrogens is 1. The van der Waals surface area contributed by atoms with Gasteiger partial charge in [0.2, 0.25) is 0 Å². The van der Waals surface area contributed by atoms with Gasteiger partial charge < -0.3 is 14.8 Å². The fourth-order valence-corrected chi connectivity index (χ4v) is 4.32. The first-order valence-corrected chi connectivity index (χ1v) is 10.2. The Morgan fingerprint density at radius 2 is 1.73 bits per heavy atom. The molecular formula is C19H24N4O2S. The number of rotatable bonds is 4. The minimum Gasteiger partial charge on any atom is -0.356 e. The number of likely N-dealkylation sites (tertiary alicyclic amines) is 1. The molecule has 0 radical (unpaired) electrons. The van der Waals surface area contributed by atoms with Crippen molar-refractivity contribution in [2.24, 2.45) is 0 Å². The Bertz CT molecular complexity index is 756. The highest BCUT2D eigenvalue weighted by Crippen LogP contribution is 2.16. The molecule has 2 aromatic rings. The lowest BCUT2D eigenvalue weighted by Gasteiger charge is -2.34. The van der Waals surface area contributed by atoms with Crippen molar-refractivity contribution in [2.45, 2.75) is 19.4 Å². The Morgan fingerprint density at radius 1 is 1.00 bits per heavy atom. The van der Waals surface area contributed by atoms with Crippen LogP contribution in [0.1, 0.15) is 39.3 Å². The van der Waals surface area contributed by atoms with Crippen molar-refractivity contribution in [3.63, 3.8) is 0 Å². The average Bonchev–Trinajstić information content (AvgIpc) is 3.42. The van der Waals surface area contributed by atoms with Crippen LogP contribution in [0.5, 0.6) is 0 Å². The Kier molecular flexibility index (Phi) is 5.08. The van der Waals surface area contributed by atoms with Crippen molar-refractivity contribution < 1.29 is 9.59 Å². The van der Waals surface area contributed by atoms with Crippen molar-refractivity contribution >= 4 is 23.2 Å². The second-order valence-corrected chi connectivity index (χ2v) is 7.78. The zero-order chi connectivity index (χ0) is 17.9. The minimum absolute atomic E-state index is 0.00197. The molecule has 0 atom stereocenters. The Labute approximate surface area is 157 Å². The number of carbonyl (C=O) groups is 2. The Balaban J connectivity index is 1.33. The number of aromatic amines is 1. The number of carbonyl (C=O) groups excluding carboxylic acids is 2. The van der Waals surface area contributed by atoms with Gasteiger partial charge in [0.1, 0.15) is 5.69 Å². The number of nitrogens with one attached hydrogen (secondary N) is 1. The summed E-state index contributed by atoms with van der Waals surface area (Å²) in [6, 6.07) is 3.86. The van der Waals surface area contributed by atoms with Gasteiger partial charge in [-0.1, -0.05) is 0 Å². The van der Waals surface area contributed by atoms with Crippen molar-refractivity contribution in [3.05, 3.63) is 45.9 Å². The van der Waals surface area contributed by atoms with Gasteiger partial charge in [0, 0.05) is 52.0 Å². The molecule has 0 aromatic carbocycles. The van der Waals surface area contributed by atoms with E-state index in [9.17, 15) is 9.59 Å². The summed E-state index contributed by atoms with van der Waals surface area (Å²) < 4.78 is 0. The number of piperazine rings is 1. The van der Waals surface area contributed by atoms with Crippen LogP contribution in [0.25, 0.3) is 0 Å². The van der Waals surface area contributed by atoms with E-state index in [0.29, 0.717) is 11.3 Å². The first-order valence-electron chi connectivity index (χ1n) is 9.21. The number of thiophene rings is 1. The number of amides is 2. The van der Waals surface area contributed by atoms with Crippen LogP contribution in [0.4, 0.5) is 0 Å². The molecule has 1 N–H and O–H groups in total. The zero-order valence-electron chi connectivity index (χ0n) is 14.8. The molecule has 138 valence electrons. The first kappa shape index (κ1) is 17.3. The SMILES string of the molecule is O=C(c1c[nH]c(C(=O)N2CCCC2)c1)N1CCN(Cc2ccsc2)CC1. The van der Waals surface area contributed by atoms with E-state index in [1.807, 2.05) is 9.80 Å². The van der Waals surface area contributed by atoms with Crippen LogP contribution in [0.15, 0.2) is 29.1 Å². The van der Waals surface area contributed by atoms with Gasteiger partial charge in [0.15, 0.2) is 0 Å². The second kappa shape index (κ2) is 7.63. The van der Waals surface area contributed by atoms with Gasteiger partial charge in [0.05, 0.1) is 5.56 Å². The van der Waals surface area contributed by atoms with Crippen LogP contribution >= 0.6 is 11.3 Å². The summed E-state index contributed by atoms with van der Waals surface area (Å²) >= 11 is 1.72. The molecule has 2 saturated heterocycles. The summed E-state index contributed by atoms with van der Waals surface area (Å²) in [5.41, 5.74) is 2.44. The molecule has 0 bridgehead atoms. The maximum atomic E-state index is 12.7. The summed E-state index contributed by atoms with van der Waals surface area (Å²) in [7, 11) is 0. The van der Waals surface area contributed by atoms with Gasteiger partial charge in [-0.15, -0.1) is 0 Å². The molecule has 4 heterocycles. The van der Waals surface area contributed by atoms with E-state index in [0.717, 1.165) is 58.7 Å². The van der Waals surface area contributed by atoms with Crippen molar-refractivity contribution in [1.29, 1.82) is 0 Å². The summed E-state index contributed by atoms with van der Waals surface area (Å²) in [5.74, 6) is 0.0130. The highest BCUT2D eigenvalue weighted by atomic mass is 32.1. The number of hydrogen-bond donors (Lipinski definition) is 1. The largest absolute Gasteiger partial charge is 0.356 e. The molecule has 0 saturated carbocycles. The number of hydrogen-bond acceptors (Lipinski definition) is 4. The van der Waals surface area contributed by atoms with E-state index >= 15 is 0 Å². The van der Waals surface area contributed by atoms with Crippen LogP contribution in [0.2, 0.25) is 0 Å². The summed E-state index contributed by atoms with van der Waals surface area (Å²) in [4.78, 5) is 34.3. The van der Waals surface area contributed by atoms with E-state index in [1.54, 1.807) is 23.6 Å². The number of nitrogens with zero attached hydrogens (tertiary/aromatic N) is 3. The smallest absolute Gasteiger partial charge is 0.270 e. The van der Waals surface area contributed by atoms with E-state index in [1.165, 1.54) is 5.56 Å². The fourth-order valence-electron chi connectivity index (χ4n) is 3.66. The predicted octanol–water partition coefficient (Wildman–Crippen LogP) is 2.27. The zero-order valence-corrected chi connectivity index (χ0v) is 15.6. The van der Waals surface area contributed by atoms with Crippen LogP contribution in [-0.2, 0) is 6.54 Å². The predicted molar refractivity (Wildman–Crippen MR) is 101 cm³/mol. The average molecular weight is 372 g/mol. The number of aromatic nitrogens is 1. The highest BCUT2D eigenvalue weighted by Gasteiger charge is 2.25. The topological polar surface area (TPSA) is 59.7 Å². The van der Waals surface area contributed by atoms with Gasteiger partial charge in [-0.3, -0.25) is 14.5 Å². The van der Waals surface area contributed by atoms with Crippen molar-refractivity contribution in [1.82, 2.24) is 19.7 Å². The normalized spacial score (nSPS) is 18.5. The third-order valence-electron chi connectivity index (χ3n) is 5.20. The fraction of sp³-hybridized carbons (Fsp3) is 0.474. The molecule has 7 heteroatoms. The maximum Gasteiger partial charge on any atom is 0.270 e. The molecule has 6 nitrogen and oxygen atoms in total. The lowest BCUT2D eigenvalue weighted by atomic mass is 10.2. The molecule has 2 aromatic heterocycles. The quantitative estimate of drug-likeness (QED) is 0.896. The molecule has 2 amide bonds. The Morgan fingerprint density at radius 3 is 2.42 bits per heavy atom. The molecule has 0 aliphatic carbocycles. The molecule has 26 heavy (non-hydrogen) atoms. The summed E-state index contributed by atoms with van der Waals surface area (Å²) in [6.07, 6.45) is 3.80. The lowest BCUT2D eigenvalue weighted by Crippen LogP contribution is -2.48. The van der Waals surface area contributed by atoms with Crippen molar-refractivity contribution in [2.75, 3.05) is 39.3 Å². The first-order chi connectivity index (χ1) is 12.7. The highest BCUT2D eigenvalue weighted by molar-refractivity contribution is 7.07. The van der Waals surface area contributed by atoms with E-state index in [4.69, 9.17) is 0 Å². The molecule has 2 aliphatic rings. The molecule has 4 rings (SSSR count). The van der Waals surface area contributed by atoms with Gasteiger partial charge in [-0.2, -0.15) is 11.3 Å². The lowest BCUT2D eigenvalue weighted by molar-refractivity contribution is 0.0629. The standard InChI is InChI=1S/C19H24N4O2S/c24-18(16-11-17(20-12-16)19(25)22-4-1-2-5-22)23-8-6-21(7-9-23)13-15-3-10-26-14-15/h3,10-12,14,20H,1-2,4-9,13H2. The third-order valence-corrected chi connectivity index (χ3v) is 5.93. The van der Waals surface area contributed by atoms with Gasteiger partial charge >= 0.3 is 0 Å². The maximum absolute atomic E-state index is 12.7. The molecule has 0 unspecified atom stereocenters. The minimum atomic E-state index is 0.00197. The molecule has 2 fully saturated rings. The second-order valence-electron chi connectivity index (χ2n) is 7.00. The van der Waals surface area contributed by atoms with Gasteiger partial charge in [-0.05, 0) is 41.3 Å². The molecular weight excluding hydrogens is 348 g/mol. The van der Waals surface area contributed by atoms with Gasteiger partial charge in [0.25, 0.3) is 11.8 Å². The van der Waals surface area contributed by atoms with Crippen LogP contribution in [0, 0.1) is 0 Å². The Hall–Kier alpha value is -2.12. The summed E-state index contributed by atoms with van der Waals surface area (Å²) in [6.45, 7) is 5.79. The van der Waals surface area contributed by atoms with E-state index < -0.39 is 0 Å².